The molecule has 15 heavy (non-hydrogen) atoms. The van der Waals surface area contributed by atoms with Crippen molar-refractivity contribution >= 4 is 10.9 Å². The molecule has 0 saturated carbocycles. The molecule has 0 atom stereocenters. The molecule has 1 heterocycles. The predicted octanol–water partition coefficient (Wildman–Crippen LogP) is 2.98. The van der Waals surface area contributed by atoms with E-state index in [0.29, 0.717) is 11.9 Å². The minimum atomic E-state index is 0.274. The molecule has 1 aromatic heterocycles. The fraction of sp³-hybridized carbons (Fsp3) is 0.154. The van der Waals surface area contributed by atoms with Crippen LogP contribution in [0.25, 0.3) is 10.9 Å². The molecule has 1 aromatic carbocycles. The van der Waals surface area contributed by atoms with Crippen LogP contribution in [-0.4, -0.2) is 10.1 Å². The molecule has 0 aliphatic heterocycles. The minimum absolute atomic E-state index is 0.274. The fourth-order valence-corrected chi connectivity index (χ4v) is 1.63. The van der Waals surface area contributed by atoms with Gasteiger partial charge in [0, 0.05) is 11.1 Å². The SMILES string of the molecule is C=CCc1ccc2ccc(C)nc2c1O. The van der Waals surface area contributed by atoms with Crippen LogP contribution in [0.4, 0.5) is 0 Å². The van der Waals surface area contributed by atoms with Crippen LogP contribution in [0.2, 0.25) is 0 Å². The molecule has 76 valence electrons. The van der Waals surface area contributed by atoms with Gasteiger partial charge in [0.15, 0.2) is 0 Å². The zero-order valence-corrected chi connectivity index (χ0v) is 8.70. The molecule has 0 amide bonds. The molecule has 0 bridgehead atoms. The predicted molar refractivity (Wildman–Crippen MR) is 62.0 cm³/mol. The van der Waals surface area contributed by atoms with Gasteiger partial charge < -0.3 is 5.11 Å². The number of hydrogen-bond acceptors (Lipinski definition) is 2. The first-order valence-electron chi connectivity index (χ1n) is 4.91. The smallest absolute Gasteiger partial charge is 0.145 e. The topological polar surface area (TPSA) is 33.1 Å². The third-order valence-electron chi connectivity index (χ3n) is 2.42. The third-order valence-corrected chi connectivity index (χ3v) is 2.42. The van der Waals surface area contributed by atoms with Crippen molar-refractivity contribution in [1.82, 2.24) is 4.98 Å². The van der Waals surface area contributed by atoms with Gasteiger partial charge in [-0.25, -0.2) is 4.98 Å². The highest BCUT2D eigenvalue weighted by molar-refractivity contribution is 5.85. The molecular weight excluding hydrogens is 186 g/mol. The zero-order valence-electron chi connectivity index (χ0n) is 8.70. The Bertz CT molecular complexity index is 517. The van der Waals surface area contributed by atoms with Crippen molar-refractivity contribution < 1.29 is 5.11 Å². The number of aromatic hydroxyl groups is 1. The number of fused-ring (bicyclic) bond motifs is 1. The molecule has 2 aromatic rings. The summed E-state index contributed by atoms with van der Waals surface area (Å²) in [6.45, 7) is 5.58. The molecule has 0 fully saturated rings. The highest BCUT2D eigenvalue weighted by Gasteiger charge is 2.06. The molecule has 2 rings (SSSR count). The van der Waals surface area contributed by atoms with Crippen LogP contribution in [0, 0.1) is 6.92 Å². The van der Waals surface area contributed by atoms with Gasteiger partial charge in [-0.05, 0) is 25.0 Å². The van der Waals surface area contributed by atoms with Gasteiger partial charge in [-0.3, -0.25) is 0 Å². The lowest BCUT2D eigenvalue weighted by molar-refractivity contribution is 0.475. The normalized spacial score (nSPS) is 10.5. The van der Waals surface area contributed by atoms with Crippen LogP contribution in [-0.2, 0) is 6.42 Å². The summed E-state index contributed by atoms with van der Waals surface area (Å²) in [5, 5.41) is 11.0. The lowest BCUT2D eigenvalue weighted by Crippen LogP contribution is -1.88. The number of aryl methyl sites for hydroxylation is 1. The second kappa shape index (κ2) is 3.73. The van der Waals surface area contributed by atoms with Gasteiger partial charge >= 0.3 is 0 Å². The lowest BCUT2D eigenvalue weighted by Gasteiger charge is -2.05. The van der Waals surface area contributed by atoms with Crippen molar-refractivity contribution in [3.05, 3.63) is 48.2 Å². The Hall–Kier alpha value is -1.83. The van der Waals surface area contributed by atoms with Crippen LogP contribution in [0.1, 0.15) is 11.3 Å². The van der Waals surface area contributed by atoms with Crippen molar-refractivity contribution in [1.29, 1.82) is 0 Å². The Morgan fingerprint density at radius 2 is 2.07 bits per heavy atom. The molecule has 0 radical (unpaired) electrons. The van der Waals surface area contributed by atoms with Crippen molar-refractivity contribution in [2.24, 2.45) is 0 Å². The summed E-state index contributed by atoms with van der Waals surface area (Å²) >= 11 is 0. The average Bonchev–Trinajstić information content (AvgIpc) is 2.23. The second-order valence-electron chi connectivity index (χ2n) is 3.59. The van der Waals surface area contributed by atoms with E-state index in [4.69, 9.17) is 0 Å². The van der Waals surface area contributed by atoms with Crippen molar-refractivity contribution in [3.8, 4) is 5.75 Å². The first-order chi connectivity index (χ1) is 7.22. The van der Waals surface area contributed by atoms with Gasteiger partial charge in [0.25, 0.3) is 0 Å². The van der Waals surface area contributed by atoms with Crippen LogP contribution in [0.3, 0.4) is 0 Å². The number of hydrogen-bond donors (Lipinski definition) is 1. The fourth-order valence-electron chi connectivity index (χ4n) is 1.63. The minimum Gasteiger partial charge on any atom is -0.505 e. The van der Waals surface area contributed by atoms with Crippen LogP contribution >= 0.6 is 0 Å². The number of aromatic nitrogens is 1. The number of benzene rings is 1. The van der Waals surface area contributed by atoms with Gasteiger partial charge in [0.1, 0.15) is 11.3 Å². The van der Waals surface area contributed by atoms with E-state index in [-0.39, 0.29) is 5.75 Å². The summed E-state index contributed by atoms with van der Waals surface area (Å²) in [4.78, 5) is 4.33. The molecule has 2 nitrogen and oxygen atoms in total. The highest BCUT2D eigenvalue weighted by atomic mass is 16.3. The van der Waals surface area contributed by atoms with E-state index < -0.39 is 0 Å². The summed E-state index contributed by atoms with van der Waals surface area (Å²) in [7, 11) is 0. The Kier molecular flexibility index (Phi) is 2.42. The van der Waals surface area contributed by atoms with E-state index in [1.807, 2.05) is 31.2 Å². The van der Waals surface area contributed by atoms with E-state index >= 15 is 0 Å². The Morgan fingerprint density at radius 1 is 1.33 bits per heavy atom. The summed E-state index contributed by atoms with van der Waals surface area (Å²) in [6.07, 6.45) is 2.44. The monoisotopic (exact) mass is 199 g/mol. The molecule has 1 N–H and O–H groups in total. The quantitative estimate of drug-likeness (QED) is 0.754. The molecule has 0 spiro atoms. The van der Waals surface area contributed by atoms with E-state index in [0.717, 1.165) is 16.6 Å². The number of nitrogens with zero attached hydrogens (tertiary/aromatic N) is 1. The maximum atomic E-state index is 9.99. The van der Waals surface area contributed by atoms with E-state index in [9.17, 15) is 5.11 Å². The number of allylic oxidation sites excluding steroid dienone is 1. The second-order valence-corrected chi connectivity index (χ2v) is 3.59. The van der Waals surface area contributed by atoms with Crippen LogP contribution in [0.15, 0.2) is 36.9 Å². The summed E-state index contributed by atoms with van der Waals surface area (Å²) < 4.78 is 0. The van der Waals surface area contributed by atoms with E-state index in [1.165, 1.54) is 0 Å². The first-order valence-corrected chi connectivity index (χ1v) is 4.91. The molecule has 0 unspecified atom stereocenters. The van der Waals surface area contributed by atoms with Gasteiger partial charge in [0.05, 0.1) is 0 Å². The van der Waals surface area contributed by atoms with Crippen molar-refractivity contribution in [2.75, 3.05) is 0 Å². The van der Waals surface area contributed by atoms with Crippen molar-refractivity contribution in [3.63, 3.8) is 0 Å². The largest absolute Gasteiger partial charge is 0.505 e. The zero-order chi connectivity index (χ0) is 10.8. The maximum absolute atomic E-state index is 9.99. The molecular formula is C13H13NO. The Labute approximate surface area is 88.9 Å². The van der Waals surface area contributed by atoms with E-state index in [1.54, 1.807) is 6.08 Å². The molecule has 0 aliphatic rings. The number of phenols is 1. The van der Waals surface area contributed by atoms with Gasteiger partial charge in [-0.1, -0.05) is 24.3 Å². The van der Waals surface area contributed by atoms with Crippen LogP contribution in [0.5, 0.6) is 5.75 Å². The van der Waals surface area contributed by atoms with Gasteiger partial charge in [0.2, 0.25) is 0 Å². The third kappa shape index (κ3) is 1.71. The van der Waals surface area contributed by atoms with E-state index in [2.05, 4.69) is 11.6 Å². The lowest BCUT2D eigenvalue weighted by atomic mass is 10.1. The summed E-state index contributed by atoms with van der Waals surface area (Å²) in [6, 6.07) is 7.79. The summed E-state index contributed by atoms with van der Waals surface area (Å²) in [5.74, 6) is 0.274. The Morgan fingerprint density at radius 3 is 2.80 bits per heavy atom. The highest BCUT2D eigenvalue weighted by Crippen LogP contribution is 2.27. The standard InChI is InChI=1S/C13H13NO/c1-3-4-11-8-7-10-6-5-9(2)14-12(10)13(11)15/h3,5-8,15H,1,4H2,2H3. The Balaban J connectivity index is 2.70. The van der Waals surface area contributed by atoms with Crippen LogP contribution < -0.4 is 0 Å². The van der Waals surface area contributed by atoms with Gasteiger partial charge in [-0.2, -0.15) is 0 Å². The number of phenolic OH excluding ortho intramolecular Hbond substituents is 1. The number of rotatable bonds is 2. The molecule has 0 saturated heterocycles. The van der Waals surface area contributed by atoms with Gasteiger partial charge in [-0.15, -0.1) is 6.58 Å². The average molecular weight is 199 g/mol. The first kappa shape index (κ1) is 9.71. The molecule has 0 aliphatic carbocycles. The maximum Gasteiger partial charge on any atom is 0.145 e. The molecule has 2 heteroatoms. The summed E-state index contributed by atoms with van der Waals surface area (Å²) in [5.41, 5.74) is 2.46. The number of pyridine rings is 1. The van der Waals surface area contributed by atoms with Crippen molar-refractivity contribution in [2.45, 2.75) is 13.3 Å².